The zero-order chi connectivity index (χ0) is 14.8. The van der Waals surface area contributed by atoms with E-state index in [1.54, 1.807) is 0 Å². The fourth-order valence-electron chi connectivity index (χ4n) is 2.80. The van der Waals surface area contributed by atoms with Crippen molar-refractivity contribution < 1.29 is 4.79 Å². The molecule has 0 saturated carbocycles. The minimum absolute atomic E-state index is 0.166. The van der Waals surface area contributed by atoms with Crippen molar-refractivity contribution >= 4 is 5.78 Å². The van der Waals surface area contributed by atoms with Gasteiger partial charge in [-0.2, -0.15) is 0 Å². The molecule has 1 N–H and O–H groups in total. The van der Waals surface area contributed by atoms with Crippen molar-refractivity contribution in [1.29, 1.82) is 0 Å². The average molecular weight is 273 g/mol. The van der Waals surface area contributed by atoms with E-state index in [1.165, 1.54) is 12.0 Å². The Morgan fingerprint density at radius 2 is 1.85 bits per heavy atom. The standard InChI is InChI=1S/C18H27NO/c1-17(2,3)15-9-7-14(8-10-15)13-16(20)18(4)11-5-6-12-19-18/h7-10,19H,5-6,11-13H2,1-4H3. The summed E-state index contributed by atoms with van der Waals surface area (Å²) >= 11 is 0. The second-order valence-electron chi connectivity index (χ2n) is 7.26. The van der Waals surface area contributed by atoms with Gasteiger partial charge in [0.25, 0.3) is 0 Å². The van der Waals surface area contributed by atoms with Crippen molar-refractivity contribution in [2.75, 3.05) is 6.54 Å². The van der Waals surface area contributed by atoms with Gasteiger partial charge in [0.1, 0.15) is 0 Å². The average Bonchev–Trinajstić information content (AvgIpc) is 2.39. The topological polar surface area (TPSA) is 29.1 Å². The summed E-state index contributed by atoms with van der Waals surface area (Å²) in [5, 5.41) is 3.40. The molecule has 0 radical (unpaired) electrons. The van der Waals surface area contributed by atoms with Gasteiger partial charge in [-0.15, -0.1) is 0 Å². The Morgan fingerprint density at radius 1 is 1.20 bits per heavy atom. The van der Waals surface area contributed by atoms with E-state index in [-0.39, 0.29) is 11.0 Å². The molecular formula is C18H27NO. The third-order valence-electron chi connectivity index (χ3n) is 4.42. The van der Waals surface area contributed by atoms with Gasteiger partial charge in [-0.05, 0) is 49.3 Å². The van der Waals surface area contributed by atoms with E-state index in [0.717, 1.165) is 24.9 Å². The van der Waals surface area contributed by atoms with Crippen LogP contribution in [0, 0.1) is 0 Å². The molecule has 1 unspecified atom stereocenters. The van der Waals surface area contributed by atoms with Crippen molar-refractivity contribution in [3.8, 4) is 0 Å². The lowest BCUT2D eigenvalue weighted by molar-refractivity contribution is -0.125. The van der Waals surface area contributed by atoms with E-state index in [4.69, 9.17) is 0 Å². The van der Waals surface area contributed by atoms with Crippen LogP contribution in [0.4, 0.5) is 0 Å². The molecule has 0 spiro atoms. The van der Waals surface area contributed by atoms with Crippen molar-refractivity contribution in [2.45, 2.75) is 64.3 Å². The maximum Gasteiger partial charge on any atom is 0.156 e. The summed E-state index contributed by atoms with van der Waals surface area (Å²) in [6, 6.07) is 8.51. The number of Topliss-reactive ketones (excluding diaryl/α,β-unsaturated/α-hetero) is 1. The Bertz CT molecular complexity index is 461. The lowest BCUT2D eigenvalue weighted by Gasteiger charge is -2.33. The number of piperidine rings is 1. The number of hydrogen-bond donors (Lipinski definition) is 1. The summed E-state index contributed by atoms with van der Waals surface area (Å²) in [6.45, 7) is 9.64. The number of carbonyl (C=O) groups excluding carboxylic acids is 1. The van der Waals surface area contributed by atoms with Gasteiger partial charge in [-0.1, -0.05) is 45.0 Å². The van der Waals surface area contributed by atoms with Crippen LogP contribution in [0.2, 0.25) is 0 Å². The number of ketones is 1. The number of nitrogens with one attached hydrogen (secondary N) is 1. The maximum atomic E-state index is 12.5. The monoisotopic (exact) mass is 273 g/mol. The van der Waals surface area contributed by atoms with Crippen LogP contribution in [-0.2, 0) is 16.6 Å². The third kappa shape index (κ3) is 3.49. The predicted molar refractivity (Wildman–Crippen MR) is 84.1 cm³/mol. The normalized spacial score (nSPS) is 23.6. The highest BCUT2D eigenvalue weighted by atomic mass is 16.1. The first kappa shape index (κ1) is 15.2. The van der Waals surface area contributed by atoms with Crippen LogP contribution in [0.15, 0.2) is 24.3 Å². The van der Waals surface area contributed by atoms with Crippen molar-refractivity contribution in [3.05, 3.63) is 35.4 Å². The highest BCUT2D eigenvalue weighted by Gasteiger charge is 2.33. The number of hydrogen-bond acceptors (Lipinski definition) is 2. The molecule has 2 nitrogen and oxygen atoms in total. The van der Waals surface area contributed by atoms with E-state index in [0.29, 0.717) is 12.2 Å². The number of benzene rings is 1. The largest absolute Gasteiger partial charge is 0.305 e. The van der Waals surface area contributed by atoms with E-state index in [1.807, 2.05) is 0 Å². The van der Waals surface area contributed by atoms with Crippen LogP contribution in [0.1, 0.15) is 58.1 Å². The first-order chi connectivity index (χ1) is 9.31. The van der Waals surface area contributed by atoms with E-state index >= 15 is 0 Å². The van der Waals surface area contributed by atoms with Crippen LogP contribution >= 0.6 is 0 Å². The molecule has 0 aliphatic carbocycles. The minimum Gasteiger partial charge on any atom is -0.305 e. The Kier molecular flexibility index (Phi) is 4.33. The lowest BCUT2D eigenvalue weighted by Crippen LogP contribution is -2.52. The van der Waals surface area contributed by atoms with Gasteiger partial charge in [0.05, 0.1) is 5.54 Å². The summed E-state index contributed by atoms with van der Waals surface area (Å²) in [5.41, 5.74) is 2.28. The molecule has 1 aliphatic heterocycles. The summed E-state index contributed by atoms with van der Waals surface area (Å²) in [4.78, 5) is 12.5. The first-order valence-corrected chi connectivity index (χ1v) is 7.69. The highest BCUT2D eigenvalue weighted by molar-refractivity contribution is 5.89. The summed E-state index contributed by atoms with van der Waals surface area (Å²) < 4.78 is 0. The molecule has 1 heterocycles. The van der Waals surface area contributed by atoms with Gasteiger partial charge in [0.15, 0.2) is 5.78 Å². The zero-order valence-corrected chi connectivity index (χ0v) is 13.3. The Hall–Kier alpha value is -1.15. The van der Waals surface area contributed by atoms with Gasteiger partial charge < -0.3 is 5.32 Å². The van der Waals surface area contributed by atoms with Gasteiger partial charge >= 0.3 is 0 Å². The van der Waals surface area contributed by atoms with Gasteiger partial charge in [0, 0.05) is 6.42 Å². The second kappa shape index (κ2) is 5.69. The third-order valence-corrected chi connectivity index (χ3v) is 4.42. The van der Waals surface area contributed by atoms with Crippen LogP contribution in [0.25, 0.3) is 0 Å². The fraction of sp³-hybridized carbons (Fsp3) is 0.611. The number of carbonyl (C=O) groups is 1. The molecule has 0 bridgehead atoms. The van der Waals surface area contributed by atoms with E-state index in [9.17, 15) is 4.79 Å². The smallest absolute Gasteiger partial charge is 0.156 e. The molecule has 0 amide bonds. The molecule has 1 aliphatic rings. The van der Waals surface area contributed by atoms with Crippen LogP contribution in [0.5, 0.6) is 0 Å². The zero-order valence-electron chi connectivity index (χ0n) is 13.3. The summed E-state index contributed by atoms with van der Waals surface area (Å²) in [6.07, 6.45) is 3.83. The number of rotatable bonds is 3. The molecule has 0 aromatic heterocycles. The van der Waals surface area contributed by atoms with Crippen LogP contribution in [0.3, 0.4) is 0 Å². The van der Waals surface area contributed by atoms with Crippen LogP contribution < -0.4 is 5.32 Å². The Morgan fingerprint density at radius 3 is 2.35 bits per heavy atom. The van der Waals surface area contributed by atoms with Gasteiger partial charge in [-0.25, -0.2) is 0 Å². The molecule has 1 aromatic rings. The molecule has 2 heteroatoms. The van der Waals surface area contributed by atoms with Gasteiger partial charge in [-0.3, -0.25) is 4.79 Å². The minimum atomic E-state index is -0.319. The molecule has 1 aromatic carbocycles. The predicted octanol–water partition coefficient (Wildman–Crippen LogP) is 3.63. The quantitative estimate of drug-likeness (QED) is 0.911. The van der Waals surface area contributed by atoms with E-state index in [2.05, 4.69) is 57.3 Å². The van der Waals surface area contributed by atoms with Crippen molar-refractivity contribution in [2.24, 2.45) is 0 Å². The van der Waals surface area contributed by atoms with E-state index < -0.39 is 0 Å². The maximum absolute atomic E-state index is 12.5. The molecular weight excluding hydrogens is 246 g/mol. The summed E-state index contributed by atoms with van der Waals surface area (Å²) in [5.74, 6) is 0.320. The van der Waals surface area contributed by atoms with Crippen molar-refractivity contribution in [3.63, 3.8) is 0 Å². The highest BCUT2D eigenvalue weighted by Crippen LogP contribution is 2.24. The first-order valence-electron chi connectivity index (χ1n) is 7.69. The summed E-state index contributed by atoms with van der Waals surface area (Å²) in [7, 11) is 0. The van der Waals surface area contributed by atoms with Gasteiger partial charge in [0.2, 0.25) is 0 Å². The SMILES string of the molecule is CC1(C(=O)Cc2ccc(C(C)(C)C)cc2)CCCCN1. The molecule has 1 saturated heterocycles. The van der Waals surface area contributed by atoms with Crippen LogP contribution in [-0.4, -0.2) is 17.9 Å². The molecule has 110 valence electrons. The molecule has 20 heavy (non-hydrogen) atoms. The molecule has 2 rings (SSSR count). The Labute approximate surface area is 123 Å². The molecule has 1 fully saturated rings. The fourth-order valence-corrected chi connectivity index (χ4v) is 2.80. The second-order valence-corrected chi connectivity index (χ2v) is 7.26. The Balaban J connectivity index is 2.04. The van der Waals surface area contributed by atoms with Crippen molar-refractivity contribution in [1.82, 2.24) is 5.32 Å². The lowest BCUT2D eigenvalue weighted by atomic mass is 9.83. The molecule has 1 atom stereocenters.